The summed E-state index contributed by atoms with van der Waals surface area (Å²) in [6.45, 7) is 5.50. The van der Waals surface area contributed by atoms with Crippen molar-refractivity contribution in [1.82, 2.24) is 10.1 Å². The Morgan fingerprint density at radius 2 is 2.21 bits per heavy atom. The average Bonchev–Trinajstić information content (AvgIpc) is 2.83. The summed E-state index contributed by atoms with van der Waals surface area (Å²) in [5, 5.41) is 24.6. The van der Waals surface area contributed by atoms with Gasteiger partial charge in [-0.25, -0.2) is 0 Å². The Morgan fingerprint density at radius 1 is 1.53 bits per heavy atom. The minimum absolute atomic E-state index is 0.0292. The van der Waals surface area contributed by atoms with Gasteiger partial charge in [0.2, 0.25) is 5.89 Å². The summed E-state index contributed by atoms with van der Waals surface area (Å²) in [6.07, 6.45) is 1.14. The molecule has 0 spiro atoms. The Balaban J connectivity index is 2.60. The zero-order valence-electron chi connectivity index (χ0n) is 11.4. The van der Waals surface area contributed by atoms with Gasteiger partial charge in [-0.3, -0.25) is 0 Å². The van der Waals surface area contributed by atoms with Crippen LogP contribution in [0.1, 0.15) is 44.3 Å². The van der Waals surface area contributed by atoms with Crippen molar-refractivity contribution in [2.75, 3.05) is 0 Å². The number of aryl methyl sites for hydroxylation is 1. The molecule has 1 aromatic rings. The largest absolute Gasteiger partial charge is 0.409 e. The van der Waals surface area contributed by atoms with Gasteiger partial charge >= 0.3 is 0 Å². The highest BCUT2D eigenvalue weighted by atomic mass is 16.5. The van der Waals surface area contributed by atoms with E-state index in [0.29, 0.717) is 24.6 Å². The van der Waals surface area contributed by atoms with E-state index in [0.717, 1.165) is 0 Å². The van der Waals surface area contributed by atoms with Crippen molar-refractivity contribution in [3.8, 4) is 6.07 Å². The molecular weight excluding hydrogens is 246 g/mol. The van der Waals surface area contributed by atoms with Gasteiger partial charge in [0, 0.05) is 24.7 Å². The summed E-state index contributed by atoms with van der Waals surface area (Å²) in [4.78, 5) is 4.15. The maximum atomic E-state index is 9.17. The van der Waals surface area contributed by atoms with Crippen molar-refractivity contribution in [3.63, 3.8) is 0 Å². The van der Waals surface area contributed by atoms with Gasteiger partial charge in [-0.05, 0) is 12.8 Å². The molecule has 0 fully saturated rings. The van der Waals surface area contributed by atoms with Gasteiger partial charge in [0.05, 0.1) is 6.07 Å². The highest BCUT2D eigenvalue weighted by Gasteiger charge is 2.21. The smallest absolute Gasteiger partial charge is 0.223 e. The highest BCUT2D eigenvalue weighted by molar-refractivity contribution is 5.81. The summed E-state index contributed by atoms with van der Waals surface area (Å²) in [7, 11) is 0. The van der Waals surface area contributed by atoms with E-state index in [-0.39, 0.29) is 23.6 Å². The maximum absolute atomic E-state index is 9.17. The second-order valence-corrected chi connectivity index (χ2v) is 4.80. The molecule has 104 valence electrons. The number of nitrogens with zero attached hydrogens (tertiary/aromatic N) is 4. The van der Waals surface area contributed by atoms with Gasteiger partial charge in [-0.15, -0.1) is 0 Å². The lowest BCUT2D eigenvalue weighted by atomic mass is 9.88. The fourth-order valence-corrected chi connectivity index (χ4v) is 1.90. The summed E-state index contributed by atoms with van der Waals surface area (Å²) in [6, 6.07) is 2.24. The highest BCUT2D eigenvalue weighted by Crippen LogP contribution is 2.25. The van der Waals surface area contributed by atoms with E-state index in [4.69, 9.17) is 15.5 Å². The Bertz CT molecular complexity index is 477. The molecule has 0 bridgehead atoms. The monoisotopic (exact) mass is 265 g/mol. The van der Waals surface area contributed by atoms with Gasteiger partial charge in [0.1, 0.15) is 5.84 Å². The molecule has 0 amide bonds. The van der Waals surface area contributed by atoms with Crippen molar-refractivity contribution in [2.45, 2.75) is 39.5 Å². The van der Waals surface area contributed by atoms with Crippen molar-refractivity contribution in [1.29, 1.82) is 5.26 Å². The molecule has 3 N–H and O–H groups in total. The fraction of sp³-hybridized carbons (Fsp3) is 0.667. The lowest BCUT2D eigenvalue weighted by Gasteiger charge is -2.16. The summed E-state index contributed by atoms with van der Waals surface area (Å²) >= 11 is 0. The number of hydrogen-bond acceptors (Lipinski definition) is 6. The number of nitrogens with two attached hydrogens (primary N) is 1. The maximum Gasteiger partial charge on any atom is 0.223 e. The first-order chi connectivity index (χ1) is 8.97. The van der Waals surface area contributed by atoms with Crippen LogP contribution in [0.3, 0.4) is 0 Å². The molecule has 0 aliphatic rings. The van der Waals surface area contributed by atoms with E-state index in [1.165, 1.54) is 0 Å². The SMILES string of the molecule is Cc1nc(C(C)CC(C#N)CC(C)/C(N)=N/O)no1. The van der Waals surface area contributed by atoms with Gasteiger partial charge in [0.15, 0.2) is 5.82 Å². The molecule has 1 rings (SSSR count). The molecule has 0 saturated carbocycles. The molecular formula is C12H19N5O2. The van der Waals surface area contributed by atoms with Crippen LogP contribution in [0.4, 0.5) is 0 Å². The summed E-state index contributed by atoms with van der Waals surface area (Å²) in [5.41, 5.74) is 5.52. The molecule has 0 aliphatic carbocycles. The molecule has 7 heteroatoms. The van der Waals surface area contributed by atoms with Gasteiger partial charge in [-0.2, -0.15) is 10.2 Å². The Morgan fingerprint density at radius 3 is 2.68 bits per heavy atom. The van der Waals surface area contributed by atoms with Gasteiger partial charge in [0.25, 0.3) is 0 Å². The minimum atomic E-state index is -0.205. The lowest BCUT2D eigenvalue weighted by molar-refractivity contribution is 0.312. The van der Waals surface area contributed by atoms with Gasteiger partial charge in [-0.1, -0.05) is 24.2 Å². The van der Waals surface area contributed by atoms with E-state index < -0.39 is 0 Å². The number of amidine groups is 1. The van der Waals surface area contributed by atoms with E-state index in [1.54, 1.807) is 6.92 Å². The number of oxime groups is 1. The third kappa shape index (κ3) is 4.25. The van der Waals surface area contributed by atoms with E-state index in [9.17, 15) is 5.26 Å². The van der Waals surface area contributed by atoms with Crippen LogP contribution >= 0.6 is 0 Å². The van der Waals surface area contributed by atoms with Crippen LogP contribution in [0.2, 0.25) is 0 Å². The predicted octanol–water partition coefficient (Wildman–Crippen LogP) is 1.78. The average molecular weight is 265 g/mol. The molecule has 3 unspecified atom stereocenters. The third-order valence-corrected chi connectivity index (χ3v) is 3.06. The summed E-state index contributed by atoms with van der Waals surface area (Å²) < 4.78 is 4.92. The quantitative estimate of drug-likeness (QED) is 0.350. The standard InChI is InChI=1S/C12H19N5O2/c1-7(11(14)16-18)4-10(6-13)5-8(2)12-15-9(3)19-17-12/h7-8,10,18H,4-5H2,1-3H3,(H2,14,16). The molecule has 3 atom stereocenters. The minimum Gasteiger partial charge on any atom is -0.409 e. The van der Waals surface area contributed by atoms with Crippen LogP contribution in [0.15, 0.2) is 9.68 Å². The Hall–Kier alpha value is -2.10. The second-order valence-electron chi connectivity index (χ2n) is 4.80. The Kier molecular flexibility index (Phi) is 5.30. The topological polar surface area (TPSA) is 121 Å². The zero-order valence-corrected chi connectivity index (χ0v) is 11.4. The third-order valence-electron chi connectivity index (χ3n) is 3.06. The summed E-state index contributed by atoms with van der Waals surface area (Å²) in [5.74, 6) is 0.942. The lowest BCUT2D eigenvalue weighted by Crippen LogP contribution is -2.23. The molecule has 19 heavy (non-hydrogen) atoms. The van der Waals surface area contributed by atoms with Crippen molar-refractivity contribution in [3.05, 3.63) is 11.7 Å². The molecule has 0 radical (unpaired) electrons. The normalized spacial score (nSPS) is 16.6. The zero-order chi connectivity index (χ0) is 14.4. The molecule has 0 saturated heterocycles. The van der Waals surface area contributed by atoms with E-state index in [1.807, 2.05) is 13.8 Å². The van der Waals surface area contributed by atoms with Crippen LogP contribution in [0.5, 0.6) is 0 Å². The molecule has 1 heterocycles. The van der Waals surface area contributed by atoms with Crippen molar-refractivity contribution in [2.24, 2.45) is 22.7 Å². The van der Waals surface area contributed by atoms with E-state index in [2.05, 4.69) is 21.4 Å². The number of aromatic nitrogens is 2. The number of rotatable bonds is 6. The molecule has 7 nitrogen and oxygen atoms in total. The van der Waals surface area contributed by atoms with Crippen LogP contribution in [0, 0.1) is 30.1 Å². The first-order valence-corrected chi connectivity index (χ1v) is 6.15. The first kappa shape index (κ1) is 15.0. The molecule has 0 aliphatic heterocycles. The first-order valence-electron chi connectivity index (χ1n) is 6.15. The van der Waals surface area contributed by atoms with E-state index >= 15 is 0 Å². The Labute approximate surface area is 112 Å². The van der Waals surface area contributed by atoms with Gasteiger partial charge < -0.3 is 15.5 Å². The second kappa shape index (κ2) is 6.73. The fourth-order valence-electron chi connectivity index (χ4n) is 1.90. The van der Waals surface area contributed by atoms with Crippen LogP contribution in [-0.2, 0) is 0 Å². The number of nitriles is 1. The molecule has 1 aromatic heterocycles. The molecule has 0 aromatic carbocycles. The van der Waals surface area contributed by atoms with Crippen molar-refractivity contribution >= 4 is 5.84 Å². The van der Waals surface area contributed by atoms with Crippen LogP contribution < -0.4 is 5.73 Å². The predicted molar refractivity (Wildman–Crippen MR) is 68.4 cm³/mol. The van der Waals surface area contributed by atoms with Crippen LogP contribution in [0.25, 0.3) is 0 Å². The van der Waals surface area contributed by atoms with Crippen LogP contribution in [-0.4, -0.2) is 21.2 Å². The number of hydrogen-bond donors (Lipinski definition) is 2. The van der Waals surface area contributed by atoms with Crippen molar-refractivity contribution < 1.29 is 9.73 Å².